The lowest BCUT2D eigenvalue weighted by atomic mass is 9.91. The number of rotatable bonds is 2. The second kappa shape index (κ2) is 5.15. The van der Waals surface area contributed by atoms with E-state index in [1.807, 2.05) is 35.1 Å². The molecule has 3 nitrogen and oxygen atoms in total. The number of alkyl halides is 1. The van der Waals surface area contributed by atoms with Crippen molar-refractivity contribution in [1.82, 2.24) is 14.8 Å². The lowest BCUT2D eigenvalue weighted by Crippen LogP contribution is -2.16. The smallest absolute Gasteiger partial charge is 0.154 e. The molecule has 0 bridgehead atoms. The van der Waals surface area contributed by atoms with Gasteiger partial charge in [0.2, 0.25) is 0 Å². The van der Waals surface area contributed by atoms with Gasteiger partial charge < -0.3 is 0 Å². The van der Waals surface area contributed by atoms with Crippen molar-refractivity contribution in [1.29, 1.82) is 0 Å². The lowest BCUT2D eigenvalue weighted by Gasteiger charge is -2.19. The van der Waals surface area contributed by atoms with Crippen LogP contribution in [-0.4, -0.2) is 14.8 Å². The third kappa shape index (κ3) is 2.66. The highest BCUT2D eigenvalue weighted by molar-refractivity contribution is 6.17. The minimum atomic E-state index is -0.0280. The molecular weight excluding hydrogens is 282 g/mol. The van der Waals surface area contributed by atoms with E-state index in [0.717, 1.165) is 28.0 Å². The number of benzene rings is 1. The molecule has 1 aromatic carbocycles. The maximum atomic E-state index is 6.04. The number of para-hydroxylation sites is 1. The van der Waals surface area contributed by atoms with Gasteiger partial charge >= 0.3 is 0 Å². The second-order valence-corrected chi connectivity index (χ2v) is 6.48. The van der Waals surface area contributed by atoms with E-state index in [4.69, 9.17) is 16.6 Å². The number of halogens is 1. The third-order valence-corrected chi connectivity index (χ3v) is 3.80. The number of pyridine rings is 1. The first kappa shape index (κ1) is 14.1. The fourth-order valence-corrected chi connectivity index (χ4v) is 2.45. The average Bonchev–Trinajstić information content (AvgIpc) is 2.89. The van der Waals surface area contributed by atoms with Crippen molar-refractivity contribution in [3.8, 4) is 5.82 Å². The predicted molar refractivity (Wildman–Crippen MR) is 87.1 cm³/mol. The fraction of sp³-hybridized carbons (Fsp3) is 0.294. The van der Waals surface area contributed by atoms with E-state index in [1.165, 1.54) is 0 Å². The number of hydrogen-bond acceptors (Lipinski definition) is 2. The van der Waals surface area contributed by atoms with E-state index < -0.39 is 0 Å². The Morgan fingerprint density at radius 1 is 1.14 bits per heavy atom. The molecule has 3 rings (SSSR count). The standard InChI is InChI=1S/C17H18ClN3/c1-17(2,3)15-8-12(10-18)9-16(20-15)21-14-7-5-4-6-13(14)11-19-21/h4-9,11H,10H2,1-3H3. The summed E-state index contributed by atoms with van der Waals surface area (Å²) in [6, 6.07) is 12.2. The normalized spacial score (nSPS) is 12.0. The largest absolute Gasteiger partial charge is 0.233 e. The molecule has 108 valence electrons. The zero-order valence-electron chi connectivity index (χ0n) is 12.5. The molecular formula is C17H18ClN3. The van der Waals surface area contributed by atoms with Gasteiger partial charge in [-0.3, -0.25) is 0 Å². The lowest BCUT2D eigenvalue weighted by molar-refractivity contribution is 0.565. The maximum absolute atomic E-state index is 6.04. The van der Waals surface area contributed by atoms with Crippen molar-refractivity contribution in [2.24, 2.45) is 0 Å². The van der Waals surface area contributed by atoms with Gasteiger partial charge in [0, 0.05) is 22.4 Å². The fourth-order valence-electron chi connectivity index (χ4n) is 2.30. The molecule has 0 radical (unpaired) electrons. The number of fused-ring (bicyclic) bond motifs is 1. The molecule has 0 aliphatic carbocycles. The molecule has 0 saturated carbocycles. The van der Waals surface area contributed by atoms with E-state index in [2.05, 4.69) is 38.0 Å². The first-order valence-corrected chi connectivity index (χ1v) is 7.53. The van der Waals surface area contributed by atoms with Crippen LogP contribution < -0.4 is 0 Å². The second-order valence-electron chi connectivity index (χ2n) is 6.22. The zero-order chi connectivity index (χ0) is 15.0. The van der Waals surface area contributed by atoms with Crippen molar-refractivity contribution in [2.45, 2.75) is 32.1 Å². The first-order valence-electron chi connectivity index (χ1n) is 6.99. The van der Waals surface area contributed by atoms with Gasteiger partial charge in [-0.25, -0.2) is 9.67 Å². The Morgan fingerprint density at radius 2 is 1.90 bits per heavy atom. The zero-order valence-corrected chi connectivity index (χ0v) is 13.2. The molecule has 0 aliphatic rings. The summed E-state index contributed by atoms with van der Waals surface area (Å²) in [5.41, 5.74) is 3.11. The van der Waals surface area contributed by atoms with E-state index >= 15 is 0 Å². The van der Waals surface area contributed by atoms with Crippen LogP contribution in [-0.2, 0) is 11.3 Å². The van der Waals surface area contributed by atoms with Gasteiger partial charge in [0.05, 0.1) is 11.7 Å². The van der Waals surface area contributed by atoms with Gasteiger partial charge in [0.1, 0.15) is 0 Å². The molecule has 0 fully saturated rings. The van der Waals surface area contributed by atoms with Gasteiger partial charge in [-0.2, -0.15) is 5.10 Å². The van der Waals surface area contributed by atoms with Crippen molar-refractivity contribution in [3.63, 3.8) is 0 Å². The van der Waals surface area contributed by atoms with Crippen molar-refractivity contribution in [3.05, 3.63) is 53.9 Å². The molecule has 0 saturated heterocycles. The van der Waals surface area contributed by atoms with Crippen LogP contribution in [0.2, 0.25) is 0 Å². The van der Waals surface area contributed by atoms with Crippen LogP contribution in [0.15, 0.2) is 42.6 Å². The Labute approximate surface area is 129 Å². The Balaban J connectivity index is 2.22. The number of hydrogen-bond donors (Lipinski definition) is 0. The van der Waals surface area contributed by atoms with Crippen LogP contribution in [0.1, 0.15) is 32.0 Å². The quantitative estimate of drug-likeness (QED) is 0.654. The van der Waals surface area contributed by atoms with Crippen LogP contribution in [0.3, 0.4) is 0 Å². The first-order chi connectivity index (χ1) is 9.99. The van der Waals surface area contributed by atoms with Crippen molar-refractivity contribution in [2.75, 3.05) is 0 Å². The molecule has 0 atom stereocenters. The molecule has 0 N–H and O–H groups in total. The highest BCUT2D eigenvalue weighted by Gasteiger charge is 2.18. The highest BCUT2D eigenvalue weighted by atomic mass is 35.5. The molecule has 2 heterocycles. The molecule has 0 spiro atoms. The number of nitrogens with zero attached hydrogens (tertiary/aromatic N) is 3. The van der Waals surface area contributed by atoms with Crippen molar-refractivity contribution >= 4 is 22.5 Å². The maximum Gasteiger partial charge on any atom is 0.154 e. The van der Waals surface area contributed by atoms with Gasteiger partial charge in [0.25, 0.3) is 0 Å². The van der Waals surface area contributed by atoms with Crippen LogP contribution in [0.5, 0.6) is 0 Å². The molecule has 0 aliphatic heterocycles. The van der Waals surface area contributed by atoms with Crippen LogP contribution in [0, 0.1) is 0 Å². The topological polar surface area (TPSA) is 30.7 Å². The Bertz CT molecular complexity index is 784. The van der Waals surface area contributed by atoms with Gasteiger partial charge in [0.15, 0.2) is 5.82 Å². The van der Waals surface area contributed by atoms with E-state index in [9.17, 15) is 0 Å². The molecule has 4 heteroatoms. The monoisotopic (exact) mass is 299 g/mol. The van der Waals surface area contributed by atoms with Gasteiger partial charge in [-0.1, -0.05) is 39.0 Å². The van der Waals surface area contributed by atoms with Crippen molar-refractivity contribution < 1.29 is 0 Å². The molecule has 21 heavy (non-hydrogen) atoms. The minimum Gasteiger partial charge on any atom is -0.233 e. The molecule has 2 aromatic heterocycles. The summed E-state index contributed by atoms with van der Waals surface area (Å²) >= 11 is 6.04. The summed E-state index contributed by atoms with van der Waals surface area (Å²) in [5, 5.41) is 5.58. The third-order valence-electron chi connectivity index (χ3n) is 3.49. The summed E-state index contributed by atoms with van der Waals surface area (Å²) in [4.78, 5) is 4.79. The van der Waals surface area contributed by atoms with Crippen LogP contribution in [0.4, 0.5) is 0 Å². The molecule has 3 aromatic rings. The average molecular weight is 300 g/mol. The summed E-state index contributed by atoms with van der Waals surface area (Å²) in [6.45, 7) is 6.45. The summed E-state index contributed by atoms with van der Waals surface area (Å²) in [5.74, 6) is 1.29. The Kier molecular flexibility index (Phi) is 3.46. The van der Waals surface area contributed by atoms with Gasteiger partial charge in [-0.15, -0.1) is 11.6 Å². The van der Waals surface area contributed by atoms with E-state index in [-0.39, 0.29) is 5.41 Å². The van der Waals surface area contributed by atoms with E-state index in [1.54, 1.807) is 0 Å². The summed E-state index contributed by atoms with van der Waals surface area (Å²) in [7, 11) is 0. The Hall–Kier alpha value is -1.87. The summed E-state index contributed by atoms with van der Waals surface area (Å²) < 4.78 is 1.88. The van der Waals surface area contributed by atoms with Crippen LogP contribution in [0.25, 0.3) is 16.7 Å². The van der Waals surface area contributed by atoms with E-state index in [0.29, 0.717) is 5.88 Å². The SMILES string of the molecule is CC(C)(C)c1cc(CCl)cc(-n2ncc3ccccc32)n1. The Morgan fingerprint density at radius 3 is 2.62 bits per heavy atom. The van der Waals surface area contributed by atoms with Crippen LogP contribution >= 0.6 is 11.6 Å². The number of aromatic nitrogens is 3. The minimum absolute atomic E-state index is 0.0280. The predicted octanol–water partition coefficient (Wildman–Crippen LogP) is 4.46. The molecule has 0 unspecified atom stereocenters. The summed E-state index contributed by atoms with van der Waals surface area (Å²) in [6.07, 6.45) is 1.86. The van der Waals surface area contributed by atoms with Gasteiger partial charge in [-0.05, 0) is 23.8 Å². The highest BCUT2D eigenvalue weighted by Crippen LogP contribution is 2.25. The molecule has 0 amide bonds.